The van der Waals surface area contributed by atoms with E-state index in [4.69, 9.17) is 5.73 Å². The minimum Gasteiger partial charge on any atom is -0.345 e. The first-order valence-electron chi connectivity index (χ1n) is 7.25. The Kier molecular flexibility index (Phi) is 4.43. The minimum atomic E-state index is -0.443. The lowest BCUT2D eigenvalue weighted by Crippen LogP contribution is -2.55. The molecule has 4 heteroatoms. The van der Waals surface area contributed by atoms with Gasteiger partial charge in [-0.2, -0.15) is 0 Å². The molecule has 1 aliphatic carbocycles. The maximum absolute atomic E-state index is 14.0. The van der Waals surface area contributed by atoms with Crippen molar-refractivity contribution in [3.63, 3.8) is 0 Å². The topological polar surface area (TPSA) is 55.1 Å². The summed E-state index contributed by atoms with van der Waals surface area (Å²) in [6.07, 6.45) is 3.83. The normalized spacial score (nSPS) is 26.3. The summed E-state index contributed by atoms with van der Waals surface area (Å²) >= 11 is 0. The molecule has 1 aliphatic rings. The highest BCUT2D eigenvalue weighted by molar-refractivity contribution is 5.95. The van der Waals surface area contributed by atoms with Crippen molar-refractivity contribution in [1.82, 2.24) is 5.32 Å². The van der Waals surface area contributed by atoms with Gasteiger partial charge in [0.05, 0.1) is 11.1 Å². The predicted octanol–water partition coefficient (Wildman–Crippen LogP) is 2.77. The molecule has 0 unspecified atom stereocenters. The number of carbonyl (C=O) groups is 1. The summed E-state index contributed by atoms with van der Waals surface area (Å²) in [5.41, 5.74) is 6.09. The summed E-state index contributed by atoms with van der Waals surface area (Å²) in [7, 11) is 0. The number of hydrogen-bond donors (Lipinski definition) is 2. The second-order valence-corrected chi connectivity index (χ2v) is 6.06. The molecule has 1 amide bonds. The molecule has 20 heavy (non-hydrogen) atoms. The van der Waals surface area contributed by atoms with Crippen molar-refractivity contribution in [1.29, 1.82) is 0 Å². The molecule has 2 rings (SSSR count). The Labute approximate surface area is 119 Å². The molecule has 1 fully saturated rings. The number of nitrogens with two attached hydrogens (primary N) is 1. The van der Waals surface area contributed by atoms with Gasteiger partial charge < -0.3 is 11.1 Å². The number of carbonyl (C=O) groups excluding carboxylic acids is 1. The lowest BCUT2D eigenvalue weighted by molar-refractivity contribution is 0.0855. The van der Waals surface area contributed by atoms with E-state index in [1.54, 1.807) is 19.1 Å². The van der Waals surface area contributed by atoms with Crippen LogP contribution < -0.4 is 11.1 Å². The Balaban J connectivity index is 2.15. The molecule has 0 aliphatic heterocycles. The molecule has 0 radical (unpaired) electrons. The zero-order valence-corrected chi connectivity index (χ0v) is 12.2. The van der Waals surface area contributed by atoms with Crippen LogP contribution in [0.25, 0.3) is 0 Å². The van der Waals surface area contributed by atoms with E-state index in [1.807, 2.05) is 0 Å². The van der Waals surface area contributed by atoms with Crippen LogP contribution in [0.5, 0.6) is 0 Å². The zero-order valence-electron chi connectivity index (χ0n) is 12.2. The second-order valence-electron chi connectivity index (χ2n) is 6.06. The summed E-state index contributed by atoms with van der Waals surface area (Å²) in [5, 5.41) is 2.98. The van der Waals surface area contributed by atoms with E-state index in [0.29, 0.717) is 18.0 Å². The predicted molar refractivity (Wildman–Crippen MR) is 78.0 cm³/mol. The second kappa shape index (κ2) is 5.92. The van der Waals surface area contributed by atoms with Crippen LogP contribution in [0.15, 0.2) is 18.2 Å². The van der Waals surface area contributed by atoms with Crippen LogP contribution in [0.3, 0.4) is 0 Å². The maximum atomic E-state index is 14.0. The van der Waals surface area contributed by atoms with Gasteiger partial charge in [0.15, 0.2) is 0 Å². The van der Waals surface area contributed by atoms with Gasteiger partial charge in [0, 0.05) is 6.54 Å². The van der Waals surface area contributed by atoms with Gasteiger partial charge in [-0.25, -0.2) is 4.39 Å². The number of hydrogen-bond acceptors (Lipinski definition) is 2. The van der Waals surface area contributed by atoms with Gasteiger partial charge in [0.1, 0.15) is 5.82 Å². The van der Waals surface area contributed by atoms with Crippen LogP contribution in [0, 0.1) is 18.7 Å². The van der Waals surface area contributed by atoms with Gasteiger partial charge in [0.2, 0.25) is 0 Å². The van der Waals surface area contributed by atoms with E-state index < -0.39 is 5.82 Å². The van der Waals surface area contributed by atoms with E-state index in [1.165, 1.54) is 6.07 Å². The fourth-order valence-electron chi connectivity index (χ4n) is 2.83. The molecule has 1 saturated carbocycles. The van der Waals surface area contributed by atoms with Crippen LogP contribution in [0.4, 0.5) is 4.39 Å². The molecule has 0 bridgehead atoms. The summed E-state index contributed by atoms with van der Waals surface area (Å²) in [4.78, 5) is 12.3. The van der Waals surface area contributed by atoms with Gasteiger partial charge >= 0.3 is 0 Å². The van der Waals surface area contributed by atoms with Crippen LogP contribution in [0.2, 0.25) is 0 Å². The first kappa shape index (κ1) is 15.0. The molecule has 1 aromatic rings. The average molecular weight is 278 g/mol. The summed E-state index contributed by atoms with van der Waals surface area (Å²) in [6, 6.07) is 4.88. The van der Waals surface area contributed by atoms with Gasteiger partial charge in [-0.15, -0.1) is 0 Å². The number of halogens is 1. The number of nitrogens with one attached hydrogen (secondary N) is 1. The van der Waals surface area contributed by atoms with Crippen molar-refractivity contribution in [3.8, 4) is 0 Å². The zero-order chi connectivity index (χ0) is 14.8. The Morgan fingerprint density at radius 3 is 2.70 bits per heavy atom. The highest BCUT2D eigenvalue weighted by Crippen LogP contribution is 2.31. The lowest BCUT2D eigenvalue weighted by atomic mass is 9.77. The summed E-state index contributed by atoms with van der Waals surface area (Å²) in [5.74, 6) is -0.130. The fourth-order valence-corrected chi connectivity index (χ4v) is 2.83. The molecular weight excluding hydrogens is 255 g/mol. The Morgan fingerprint density at radius 1 is 1.45 bits per heavy atom. The Bertz CT molecular complexity index is 493. The number of amides is 1. The van der Waals surface area contributed by atoms with Gasteiger partial charge in [-0.05, 0) is 50.2 Å². The smallest absolute Gasteiger partial charge is 0.254 e. The van der Waals surface area contributed by atoms with Crippen LogP contribution >= 0.6 is 0 Å². The molecule has 0 saturated heterocycles. The quantitative estimate of drug-likeness (QED) is 0.893. The van der Waals surface area contributed by atoms with E-state index in [2.05, 4.69) is 12.2 Å². The third-order valence-electron chi connectivity index (χ3n) is 4.44. The molecule has 3 N–H and O–H groups in total. The molecule has 110 valence electrons. The van der Waals surface area contributed by atoms with E-state index in [9.17, 15) is 9.18 Å². The highest BCUT2D eigenvalue weighted by Gasteiger charge is 2.35. The molecule has 1 aromatic carbocycles. The standard InChI is InChI=1S/C16H23FN2O/c1-11-6-8-16(10-18,9-7-11)19-15(20)13-5-3-4-12(2)14(13)17/h3-5,11H,6-10,18H2,1-2H3,(H,19,20). The van der Waals surface area contributed by atoms with Crippen LogP contribution in [-0.2, 0) is 0 Å². The molecule has 0 atom stereocenters. The lowest BCUT2D eigenvalue weighted by Gasteiger charge is -2.39. The van der Waals surface area contributed by atoms with Gasteiger partial charge in [0.25, 0.3) is 5.91 Å². The van der Waals surface area contributed by atoms with E-state index in [0.717, 1.165) is 25.7 Å². The summed E-state index contributed by atoms with van der Waals surface area (Å²) in [6.45, 7) is 4.27. The van der Waals surface area contributed by atoms with Crippen molar-refractivity contribution in [3.05, 3.63) is 35.1 Å². The van der Waals surface area contributed by atoms with Crippen molar-refractivity contribution in [2.45, 2.75) is 45.1 Å². The number of rotatable bonds is 3. The van der Waals surface area contributed by atoms with E-state index in [-0.39, 0.29) is 17.0 Å². The monoisotopic (exact) mass is 278 g/mol. The largest absolute Gasteiger partial charge is 0.345 e. The van der Waals surface area contributed by atoms with Crippen LogP contribution in [0.1, 0.15) is 48.5 Å². The number of benzene rings is 1. The fraction of sp³-hybridized carbons (Fsp3) is 0.562. The van der Waals surface area contributed by atoms with Gasteiger partial charge in [-0.3, -0.25) is 4.79 Å². The molecular formula is C16H23FN2O. The third kappa shape index (κ3) is 3.01. The van der Waals surface area contributed by atoms with Gasteiger partial charge in [-0.1, -0.05) is 19.1 Å². The molecule has 0 spiro atoms. The molecule has 0 aromatic heterocycles. The minimum absolute atomic E-state index is 0.108. The van der Waals surface area contributed by atoms with Crippen molar-refractivity contribution in [2.75, 3.05) is 6.54 Å². The highest BCUT2D eigenvalue weighted by atomic mass is 19.1. The first-order valence-corrected chi connectivity index (χ1v) is 7.25. The molecule has 0 heterocycles. The first-order chi connectivity index (χ1) is 9.47. The SMILES string of the molecule is Cc1cccc(C(=O)NC2(CN)CCC(C)CC2)c1F. The Hall–Kier alpha value is -1.42. The molecule has 3 nitrogen and oxygen atoms in total. The van der Waals surface area contributed by atoms with Crippen molar-refractivity contribution in [2.24, 2.45) is 11.7 Å². The third-order valence-corrected chi connectivity index (χ3v) is 4.44. The van der Waals surface area contributed by atoms with Crippen molar-refractivity contribution >= 4 is 5.91 Å². The summed E-state index contributed by atoms with van der Waals surface area (Å²) < 4.78 is 14.0. The maximum Gasteiger partial charge on any atom is 0.254 e. The van der Waals surface area contributed by atoms with Crippen LogP contribution in [-0.4, -0.2) is 18.0 Å². The number of aryl methyl sites for hydroxylation is 1. The average Bonchev–Trinajstić information content (AvgIpc) is 2.44. The van der Waals surface area contributed by atoms with Crippen molar-refractivity contribution < 1.29 is 9.18 Å². The van der Waals surface area contributed by atoms with E-state index >= 15 is 0 Å². The Morgan fingerprint density at radius 2 is 2.10 bits per heavy atom.